The van der Waals surface area contributed by atoms with Crippen molar-refractivity contribution in [2.45, 2.75) is 26.2 Å². The van der Waals surface area contributed by atoms with E-state index in [0.717, 1.165) is 12.8 Å². The molecule has 84 valence electrons. The van der Waals surface area contributed by atoms with Gasteiger partial charge in [0.25, 0.3) is 0 Å². The molecular formula is C11H16O4. The van der Waals surface area contributed by atoms with Crippen molar-refractivity contribution < 1.29 is 19.4 Å². The molecule has 0 fully saturated rings. The second-order valence-electron chi connectivity index (χ2n) is 3.96. The number of allylic oxidation sites excluding steroid dienone is 2. The average molecular weight is 212 g/mol. The molecule has 0 radical (unpaired) electrons. The van der Waals surface area contributed by atoms with Gasteiger partial charge in [-0.1, -0.05) is 12.2 Å². The van der Waals surface area contributed by atoms with Crippen molar-refractivity contribution >= 4 is 11.9 Å². The number of ether oxygens (including phenoxy) is 1. The van der Waals surface area contributed by atoms with Crippen LogP contribution in [0.4, 0.5) is 0 Å². The van der Waals surface area contributed by atoms with E-state index in [2.05, 4.69) is 4.74 Å². The Morgan fingerprint density at radius 2 is 2.20 bits per heavy atom. The van der Waals surface area contributed by atoms with E-state index in [1.807, 2.05) is 12.2 Å². The van der Waals surface area contributed by atoms with E-state index in [1.54, 1.807) is 0 Å². The number of hydrogen-bond acceptors (Lipinski definition) is 3. The highest BCUT2D eigenvalue weighted by Crippen LogP contribution is 2.36. The molecule has 0 aromatic rings. The monoisotopic (exact) mass is 212 g/mol. The molecule has 15 heavy (non-hydrogen) atoms. The number of carboxylic acid groups (broad SMARTS) is 1. The first kappa shape index (κ1) is 11.8. The minimum absolute atomic E-state index is 0.267. The second-order valence-corrected chi connectivity index (χ2v) is 3.96. The first-order valence-corrected chi connectivity index (χ1v) is 5.02. The van der Waals surface area contributed by atoms with Gasteiger partial charge in [-0.2, -0.15) is 0 Å². The lowest BCUT2D eigenvalue weighted by molar-refractivity contribution is -0.168. The summed E-state index contributed by atoms with van der Waals surface area (Å²) in [6.45, 7) is 1.43. The Morgan fingerprint density at radius 3 is 2.60 bits per heavy atom. The van der Waals surface area contributed by atoms with Crippen LogP contribution in [0, 0.1) is 11.3 Å². The van der Waals surface area contributed by atoms with Crippen molar-refractivity contribution in [3.8, 4) is 0 Å². The molecule has 2 unspecified atom stereocenters. The number of hydrogen-bond donors (Lipinski definition) is 1. The molecule has 1 N–H and O–H groups in total. The minimum atomic E-state index is -1.45. The van der Waals surface area contributed by atoms with Crippen LogP contribution < -0.4 is 0 Å². The van der Waals surface area contributed by atoms with E-state index in [9.17, 15) is 9.59 Å². The summed E-state index contributed by atoms with van der Waals surface area (Å²) < 4.78 is 4.58. The summed E-state index contributed by atoms with van der Waals surface area (Å²) in [5, 5.41) is 9.15. The molecule has 0 aromatic carbocycles. The molecule has 0 spiro atoms. The lowest BCUT2D eigenvalue weighted by Crippen LogP contribution is -2.43. The largest absolute Gasteiger partial charge is 0.480 e. The maximum Gasteiger partial charge on any atom is 0.323 e. The Morgan fingerprint density at radius 1 is 1.53 bits per heavy atom. The van der Waals surface area contributed by atoms with Crippen LogP contribution >= 0.6 is 0 Å². The number of methoxy groups -OCH3 is 1. The van der Waals surface area contributed by atoms with Gasteiger partial charge >= 0.3 is 11.9 Å². The van der Waals surface area contributed by atoms with E-state index in [0.29, 0.717) is 6.42 Å². The first-order valence-electron chi connectivity index (χ1n) is 5.02. The van der Waals surface area contributed by atoms with Crippen molar-refractivity contribution in [3.63, 3.8) is 0 Å². The lowest BCUT2D eigenvalue weighted by Gasteiger charge is -2.30. The zero-order valence-corrected chi connectivity index (χ0v) is 9.03. The van der Waals surface area contributed by atoms with Gasteiger partial charge in [-0.05, 0) is 26.2 Å². The van der Waals surface area contributed by atoms with E-state index in [4.69, 9.17) is 5.11 Å². The van der Waals surface area contributed by atoms with Crippen LogP contribution in [0.1, 0.15) is 26.2 Å². The summed E-state index contributed by atoms with van der Waals surface area (Å²) in [5.74, 6) is -2.06. The predicted octanol–water partition coefficient (Wildman–Crippen LogP) is 1.61. The van der Waals surface area contributed by atoms with Crippen molar-refractivity contribution in [2.24, 2.45) is 11.3 Å². The fraction of sp³-hybridized carbons (Fsp3) is 0.636. The molecular weight excluding hydrogens is 196 g/mol. The molecule has 1 aliphatic rings. The zero-order chi connectivity index (χ0) is 11.5. The molecule has 1 aliphatic carbocycles. The number of esters is 1. The van der Waals surface area contributed by atoms with Crippen LogP contribution in [0.2, 0.25) is 0 Å². The summed E-state index contributed by atoms with van der Waals surface area (Å²) in [7, 11) is 1.22. The summed E-state index contributed by atoms with van der Waals surface area (Å²) in [6.07, 6.45) is 6.33. The summed E-state index contributed by atoms with van der Waals surface area (Å²) in [6, 6.07) is 0. The van der Waals surface area contributed by atoms with Gasteiger partial charge in [-0.25, -0.2) is 0 Å². The molecule has 0 heterocycles. The van der Waals surface area contributed by atoms with Gasteiger partial charge in [0.1, 0.15) is 0 Å². The maximum absolute atomic E-state index is 11.5. The average Bonchev–Trinajstić information content (AvgIpc) is 2.27. The molecule has 0 saturated heterocycles. The number of rotatable bonds is 3. The number of carbonyl (C=O) groups excluding carboxylic acids is 1. The van der Waals surface area contributed by atoms with Crippen LogP contribution in [-0.2, 0) is 14.3 Å². The topological polar surface area (TPSA) is 63.6 Å². The quantitative estimate of drug-likeness (QED) is 0.438. The zero-order valence-electron chi connectivity index (χ0n) is 9.03. The Bertz CT molecular complexity index is 295. The molecule has 4 nitrogen and oxygen atoms in total. The number of carbonyl (C=O) groups is 2. The third kappa shape index (κ3) is 2.03. The molecule has 0 saturated carbocycles. The van der Waals surface area contributed by atoms with Crippen LogP contribution in [-0.4, -0.2) is 24.2 Å². The molecule has 2 atom stereocenters. The smallest absolute Gasteiger partial charge is 0.323 e. The molecule has 0 amide bonds. The van der Waals surface area contributed by atoms with Gasteiger partial charge in [0.2, 0.25) is 0 Å². The van der Waals surface area contributed by atoms with E-state index < -0.39 is 17.4 Å². The highest BCUT2D eigenvalue weighted by Gasteiger charge is 2.48. The Balaban J connectivity index is 2.99. The van der Waals surface area contributed by atoms with Crippen LogP contribution in [0.5, 0.6) is 0 Å². The highest BCUT2D eigenvalue weighted by molar-refractivity contribution is 5.99. The van der Waals surface area contributed by atoms with Gasteiger partial charge < -0.3 is 9.84 Å². The third-order valence-corrected chi connectivity index (χ3v) is 3.05. The van der Waals surface area contributed by atoms with Crippen LogP contribution in [0.15, 0.2) is 12.2 Å². The van der Waals surface area contributed by atoms with E-state index in [-0.39, 0.29) is 5.92 Å². The van der Waals surface area contributed by atoms with Gasteiger partial charge in [0.05, 0.1) is 7.11 Å². The standard InChI is InChI=1S/C11H16O4/c1-11(9(12)13,10(14)15-2)8-6-4-3-5-7-8/h4,6,8H,3,5,7H2,1-2H3,(H,12,13). The second kappa shape index (κ2) is 4.47. The summed E-state index contributed by atoms with van der Waals surface area (Å²) in [4.78, 5) is 22.7. The Hall–Kier alpha value is -1.32. The Labute approximate surface area is 88.9 Å². The van der Waals surface area contributed by atoms with Crippen LogP contribution in [0.3, 0.4) is 0 Å². The fourth-order valence-electron chi connectivity index (χ4n) is 1.90. The highest BCUT2D eigenvalue weighted by atomic mass is 16.5. The van der Waals surface area contributed by atoms with Gasteiger partial charge in [0, 0.05) is 5.92 Å². The lowest BCUT2D eigenvalue weighted by atomic mass is 9.72. The van der Waals surface area contributed by atoms with Gasteiger partial charge in [-0.3, -0.25) is 9.59 Å². The fourth-order valence-corrected chi connectivity index (χ4v) is 1.90. The van der Waals surface area contributed by atoms with E-state index in [1.165, 1.54) is 14.0 Å². The van der Waals surface area contributed by atoms with Crippen molar-refractivity contribution in [2.75, 3.05) is 7.11 Å². The van der Waals surface area contributed by atoms with Crippen molar-refractivity contribution in [3.05, 3.63) is 12.2 Å². The van der Waals surface area contributed by atoms with Crippen LogP contribution in [0.25, 0.3) is 0 Å². The van der Waals surface area contributed by atoms with Gasteiger partial charge in [0.15, 0.2) is 5.41 Å². The third-order valence-electron chi connectivity index (χ3n) is 3.05. The number of aliphatic carboxylic acids is 1. The molecule has 0 aliphatic heterocycles. The molecule has 0 aromatic heterocycles. The molecule has 1 rings (SSSR count). The minimum Gasteiger partial charge on any atom is -0.480 e. The summed E-state index contributed by atoms with van der Waals surface area (Å²) >= 11 is 0. The van der Waals surface area contributed by atoms with Crippen molar-refractivity contribution in [1.82, 2.24) is 0 Å². The molecule has 0 bridgehead atoms. The first-order chi connectivity index (χ1) is 7.03. The van der Waals surface area contributed by atoms with E-state index >= 15 is 0 Å². The Kier molecular flexibility index (Phi) is 3.50. The molecule has 4 heteroatoms. The van der Waals surface area contributed by atoms with Gasteiger partial charge in [-0.15, -0.1) is 0 Å². The predicted molar refractivity (Wildman–Crippen MR) is 54.2 cm³/mol. The summed E-state index contributed by atoms with van der Waals surface area (Å²) in [5.41, 5.74) is -1.45. The SMILES string of the molecule is COC(=O)C(C)(C(=O)O)C1C=CCCC1. The number of carboxylic acids is 1. The van der Waals surface area contributed by atoms with Crippen molar-refractivity contribution in [1.29, 1.82) is 0 Å². The normalized spacial score (nSPS) is 24.3. The maximum atomic E-state index is 11.5.